The monoisotopic (exact) mass is 320 g/mol. The van der Waals surface area contributed by atoms with E-state index < -0.39 is 0 Å². The summed E-state index contributed by atoms with van der Waals surface area (Å²) in [4.78, 5) is 11.9. The van der Waals surface area contributed by atoms with E-state index in [-0.39, 0.29) is 17.8 Å². The van der Waals surface area contributed by atoms with Crippen LogP contribution in [0.1, 0.15) is 0 Å². The number of para-hydroxylation sites is 2. The van der Waals surface area contributed by atoms with Gasteiger partial charge in [0.1, 0.15) is 19.0 Å². The first-order chi connectivity index (χ1) is 10.7. The van der Waals surface area contributed by atoms with Crippen molar-refractivity contribution in [3.63, 3.8) is 0 Å². The van der Waals surface area contributed by atoms with Crippen LogP contribution in [0.3, 0.4) is 0 Å². The number of aromatic nitrogens is 3. The second-order valence-electron chi connectivity index (χ2n) is 4.81. The molecule has 8 heteroatoms. The van der Waals surface area contributed by atoms with Gasteiger partial charge in [-0.05, 0) is 12.1 Å². The van der Waals surface area contributed by atoms with Crippen LogP contribution < -0.4 is 14.8 Å². The molecular weight excluding hydrogens is 304 g/mol. The van der Waals surface area contributed by atoms with Gasteiger partial charge in [-0.2, -0.15) is 0 Å². The largest absolute Gasteiger partial charge is 0.486 e. The number of hydrogen-bond donors (Lipinski definition) is 1. The second-order valence-corrected chi connectivity index (χ2v) is 5.76. The lowest BCUT2D eigenvalue weighted by molar-refractivity contribution is -0.119. The second kappa shape index (κ2) is 6.69. The number of rotatable bonds is 5. The highest BCUT2D eigenvalue weighted by atomic mass is 32.2. The Bertz CT molecular complexity index is 661. The molecule has 0 radical (unpaired) electrons. The Morgan fingerprint density at radius 3 is 3.05 bits per heavy atom. The normalized spacial score (nSPS) is 16.3. The van der Waals surface area contributed by atoms with Gasteiger partial charge in [0.25, 0.3) is 0 Å². The lowest BCUT2D eigenvalue weighted by Gasteiger charge is -2.26. The SMILES string of the molecule is Cn1cnnc1SCC(=O)NC[C@@H]1COc2ccccc2O1. The van der Waals surface area contributed by atoms with Crippen LogP contribution in [0, 0.1) is 0 Å². The lowest BCUT2D eigenvalue weighted by Crippen LogP contribution is -2.41. The van der Waals surface area contributed by atoms with Crippen LogP contribution in [0.5, 0.6) is 11.5 Å². The Morgan fingerprint density at radius 2 is 2.27 bits per heavy atom. The van der Waals surface area contributed by atoms with Gasteiger partial charge in [0.2, 0.25) is 5.91 Å². The van der Waals surface area contributed by atoms with E-state index in [0.29, 0.717) is 24.1 Å². The molecule has 0 unspecified atom stereocenters. The topological polar surface area (TPSA) is 78.3 Å². The number of fused-ring (bicyclic) bond motifs is 1. The standard InChI is InChI=1S/C14H16N4O3S/c1-18-9-16-17-14(18)22-8-13(19)15-6-10-7-20-11-4-2-3-5-12(11)21-10/h2-5,9-10H,6-8H2,1H3,(H,15,19)/t10-/m1/s1. The minimum Gasteiger partial charge on any atom is -0.486 e. The third kappa shape index (κ3) is 3.51. The molecule has 2 aromatic rings. The van der Waals surface area contributed by atoms with E-state index in [4.69, 9.17) is 9.47 Å². The molecule has 0 spiro atoms. The summed E-state index contributed by atoms with van der Waals surface area (Å²) in [5.74, 6) is 1.66. The van der Waals surface area contributed by atoms with Gasteiger partial charge >= 0.3 is 0 Å². The van der Waals surface area contributed by atoms with Crippen LogP contribution in [0.4, 0.5) is 0 Å². The van der Waals surface area contributed by atoms with Crippen LogP contribution in [0.25, 0.3) is 0 Å². The molecule has 1 aromatic carbocycles. The van der Waals surface area contributed by atoms with Gasteiger partial charge in [-0.1, -0.05) is 23.9 Å². The maximum atomic E-state index is 11.9. The molecule has 2 heterocycles. The molecule has 1 aliphatic rings. The molecule has 0 bridgehead atoms. The molecular formula is C14H16N4O3S. The Kier molecular flexibility index (Phi) is 4.47. The first-order valence-corrected chi connectivity index (χ1v) is 7.83. The summed E-state index contributed by atoms with van der Waals surface area (Å²) < 4.78 is 13.1. The van der Waals surface area contributed by atoms with Crippen LogP contribution in [-0.4, -0.2) is 45.7 Å². The molecule has 116 valence electrons. The zero-order chi connectivity index (χ0) is 15.4. The van der Waals surface area contributed by atoms with Crippen LogP contribution >= 0.6 is 11.8 Å². The zero-order valence-corrected chi connectivity index (χ0v) is 12.9. The number of aryl methyl sites for hydroxylation is 1. The van der Waals surface area contributed by atoms with Crippen LogP contribution in [0.2, 0.25) is 0 Å². The fourth-order valence-corrected chi connectivity index (χ4v) is 2.69. The molecule has 3 rings (SSSR count). The maximum absolute atomic E-state index is 11.9. The van der Waals surface area contributed by atoms with Gasteiger partial charge in [0.15, 0.2) is 16.7 Å². The summed E-state index contributed by atoms with van der Waals surface area (Å²) in [6, 6.07) is 7.50. The smallest absolute Gasteiger partial charge is 0.230 e. The number of carbonyl (C=O) groups excluding carboxylic acids is 1. The van der Waals surface area contributed by atoms with Gasteiger partial charge < -0.3 is 19.4 Å². The van der Waals surface area contributed by atoms with E-state index in [9.17, 15) is 4.79 Å². The number of ether oxygens (including phenoxy) is 2. The minimum absolute atomic E-state index is 0.0736. The molecule has 22 heavy (non-hydrogen) atoms. The Hall–Kier alpha value is -2.22. The third-order valence-electron chi connectivity index (χ3n) is 3.10. The molecule has 1 aromatic heterocycles. The number of amides is 1. The minimum atomic E-state index is -0.182. The number of benzene rings is 1. The van der Waals surface area contributed by atoms with E-state index >= 15 is 0 Å². The summed E-state index contributed by atoms with van der Waals surface area (Å²) in [5, 5.41) is 11.2. The summed E-state index contributed by atoms with van der Waals surface area (Å²) in [6.45, 7) is 0.834. The van der Waals surface area contributed by atoms with E-state index in [2.05, 4.69) is 15.5 Å². The number of nitrogens with one attached hydrogen (secondary N) is 1. The number of hydrogen-bond acceptors (Lipinski definition) is 6. The fraction of sp³-hybridized carbons (Fsp3) is 0.357. The van der Waals surface area contributed by atoms with E-state index in [1.807, 2.05) is 31.3 Å². The first kappa shape index (κ1) is 14.7. The predicted molar refractivity (Wildman–Crippen MR) is 81.1 cm³/mol. The molecule has 0 saturated carbocycles. The van der Waals surface area contributed by atoms with Crippen molar-refractivity contribution in [2.24, 2.45) is 7.05 Å². The summed E-state index contributed by atoms with van der Waals surface area (Å²) >= 11 is 1.34. The molecule has 0 saturated heterocycles. The van der Waals surface area contributed by atoms with Crippen LogP contribution in [-0.2, 0) is 11.8 Å². The highest BCUT2D eigenvalue weighted by molar-refractivity contribution is 7.99. The highest BCUT2D eigenvalue weighted by Gasteiger charge is 2.21. The van der Waals surface area contributed by atoms with Gasteiger partial charge in [0, 0.05) is 7.05 Å². The summed E-state index contributed by atoms with van der Waals surface area (Å²) in [5.41, 5.74) is 0. The van der Waals surface area contributed by atoms with Gasteiger partial charge in [-0.25, -0.2) is 0 Å². The number of nitrogens with zero attached hydrogens (tertiary/aromatic N) is 3. The van der Waals surface area contributed by atoms with Crippen LogP contribution in [0.15, 0.2) is 35.7 Å². The lowest BCUT2D eigenvalue weighted by atomic mass is 10.2. The van der Waals surface area contributed by atoms with Crippen molar-refractivity contribution in [3.8, 4) is 11.5 Å². The number of carbonyl (C=O) groups is 1. The maximum Gasteiger partial charge on any atom is 0.230 e. The first-order valence-electron chi connectivity index (χ1n) is 6.84. The Balaban J connectivity index is 1.43. The van der Waals surface area contributed by atoms with Crippen molar-refractivity contribution in [1.29, 1.82) is 0 Å². The Labute approximate surface area is 132 Å². The predicted octanol–water partition coefficient (Wildman–Crippen LogP) is 0.863. The molecule has 1 N–H and O–H groups in total. The van der Waals surface area contributed by atoms with E-state index in [1.165, 1.54) is 11.8 Å². The highest BCUT2D eigenvalue weighted by Crippen LogP contribution is 2.30. The molecule has 0 aliphatic carbocycles. The fourth-order valence-electron chi connectivity index (χ4n) is 1.98. The summed E-state index contributed by atoms with van der Waals surface area (Å²) in [6.07, 6.45) is 1.42. The summed E-state index contributed by atoms with van der Waals surface area (Å²) in [7, 11) is 1.84. The van der Waals surface area contributed by atoms with E-state index in [1.54, 1.807) is 10.9 Å². The zero-order valence-electron chi connectivity index (χ0n) is 12.1. The van der Waals surface area contributed by atoms with Crippen molar-refractivity contribution in [1.82, 2.24) is 20.1 Å². The van der Waals surface area contributed by atoms with Crippen molar-refractivity contribution in [2.75, 3.05) is 18.9 Å². The van der Waals surface area contributed by atoms with Crippen molar-refractivity contribution >= 4 is 17.7 Å². The molecule has 1 atom stereocenters. The van der Waals surface area contributed by atoms with Gasteiger partial charge in [0.05, 0.1) is 12.3 Å². The molecule has 1 aliphatic heterocycles. The van der Waals surface area contributed by atoms with E-state index in [0.717, 1.165) is 5.75 Å². The Morgan fingerprint density at radius 1 is 1.45 bits per heavy atom. The average molecular weight is 320 g/mol. The van der Waals surface area contributed by atoms with Gasteiger partial charge in [-0.15, -0.1) is 10.2 Å². The molecule has 7 nitrogen and oxygen atoms in total. The quantitative estimate of drug-likeness (QED) is 0.824. The van der Waals surface area contributed by atoms with Crippen molar-refractivity contribution in [2.45, 2.75) is 11.3 Å². The van der Waals surface area contributed by atoms with Gasteiger partial charge in [-0.3, -0.25) is 4.79 Å². The average Bonchev–Trinajstić information content (AvgIpc) is 2.96. The van der Waals surface area contributed by atoms with Crippen molar-refractivity contribution in [3.05, 3.63) is 30.6 Å². The van der Waals surface area contributed by atoms with Crippen molar-refractivity contribution < 1.29 is 14.3 Å². The molecule has 0 fully saturated rings. The molecule has 1 amide bonds. The number of thioether (sulfide) groups is 1. The third-order valence-corrected chi connectivity index (χ3v) is 4.13.